The number of alkyl halides is 1. The van der Waals surface area contributed by atoms with E-state index in [0.717, 1.165) is 6.42 Å². The molecule has 0 aliphatic rings. The van der Waals surface area contributed by atoms with Gasteiger partial charge in [0.25, 0.3) is 0 Å². The van der Waals surface area contributed by atoms with Gasteiger partial charge in [-0.3, -0.25) is 0 Å². The summed E-state index contributed by atoms with van der Waals surface area (Å²) in [6.45, 7) is 0.872. The van der Waals surface area contributed by atoms with Gasteiger partial charge in [0.15, 0.2) is 17.4 Å². The van der Waals surface area contributed by atoms with E-state index in [0.29, 0.717) is 18.6 Å². The summed E-state index contributed by atoms with van der Waals surface area (Å²) in [5.41, 5.74) is 0.397. The maximum Gasteiger partial charge on any atom is 0.190 e. The van der Waals surface area contributed by atoms with Crippen molar-refractivity contribution >= 4 is 11.6 Å². The highest BCUT2D eigenvalue weighted by Crippen LogP contribution is 2.24. The average molecular weight is 265 g/mol. The number of unbranched alkanes of at least 4 members (excludes halogenated alkanes) is 1. The highest BCUT2D eigenvalue weighted by Gasteiger charge is 2.12. The number of halogens is 3. The zero-order valence-corrected chi connectivity index (χ0v) is 10.4. The van der Waals surface area contributed by atoms with Crippen LogP contribution in [0.4, 0.5) is 8.78 Å². The second-order valence-electron chi connectivity index (χ2n) is 3.57. The molecule has 0 saturated carbocycles. The van der Waals surface area contributed by atoms with Crippen LogP contribution in [-0.2, 0) is 10.6 Å². The Morgan fingerprint density at radius 2 is 1.71 bits per heavy atom. The summed E-state index contributed by atoms with van der Waals surface area (Å²) >= 11 is 5.50. The summed E-state index contributed by atoms with van der Waals surface area (Å²) in [5, 5.41) is 0. The van der Waals surface area contributed by atoms with Crippen LogP contribution in [0, 0.1) is 11.6 Å². The van der Waals surface area contributed by atoms with Crippen LogP contribution in [0.3, 0.4) is 0 Å². The number of methoxy groups -OCH3 is 1. The van der Waals surface area contributed by atoms with E-state index in [2.05, 4.69) is 0 Å². The number of hydrogen-bond acceptors (Lipinski definition) is 2. The summed E-state index contributed by atoms with van der Waals surface area (Å²) < 4.78 is 36.8. The van der Waals surface area contributed by atoms with Crippen molar-refractivity contribution in [3.63, 3.8) is 0 Å². The zero-order valence-electron chi connectivity index (χ0n) is 9.64. The summed E-state index contributed by atoms with van der Waals surface area (Å²) in [6, 6.07) is 2.36. The fourth-order valence-corrected chi connectivity index (χ4v) is 1.50. The van der Waals surface area contributed by atoms with Crippen molar-refractivity contribution in [2.24, 2.45) is 0 Å². The van der Waals surface area contributed by atoms with Crippen LogP contribution in [-0.4, -0.2) is 20.3 Å². The fourth-order valence-electron chi connectivity index (χ4n) is 1.35. The number of rotatable bonds is 7. The first-order chi connectivity index (χ1) is 8.19. The van der Waals surface area contributed by atoms with E-state index < -0.39 is 11.6 Å². The third-order valence-corrected chi connectivity index (χ3v) is 2.51. The molecule has 0 heterocycles. The third-order valence-electron chi connectivity index (χ3n) is 2.20. The van der Waals surface area contributed by atoms with Gasteiger partial charge >= 0.3 is 0 Å². The predicted octanol–water partition coefficient (Wildman–Crippen LogP) is 3.51. The van der Waals surface area contributed by atoms with E-state index in [9.17, 15) is 8.78 Å². The molecule has 1 aromatic rings. The monoisotopic (exact) mass is 264 g/mol. The second-order valence-corrected chi connectivity index (χ2v) is 3.84. The number of hydrogen-bond donors (Lipinski definition) is 0. The Morgan fingerprint density at radius 3 is 2.24 bits per heavy atom. The molecule has 5 heteroatoms. The lowest BCUT2D eigenvalue weighted by atomic mass is 10.2. The number of benzene rings is 1. The van der Waals surface area contributed by atoms with Crippen molar-refractivity contribution in [1.29, 1.82) is 0 Å². The van der Waals surface area contributed by atoms with Crippen LogP contribution >= 0.6 is 11.6 Å². The maximum atomic E-state index is 13.4. The molecule has 0 aromatic heterocycles. The lowest BCUT2D eigenvalue weighted by Crippen LogP contribution is -2.03. The maximum absolute atomic E-state index is 13.4. The summed E-state index contributed by atoms with van der Waals surface area (Å²) in [6.07, 6.45) is 1.48. The van der Waals surface area contributed by atoms with Gasteiger partial charge in [-0.05, 0) is 30.5 Å². The van der Waals surface area contributed by atoms with E-state index in [-0.39, 0.29) is 18.2 Å². The minimum absolute atomic E-state index is 0.0714. The molecule has 0 amide bonds. The molecule has 1 aromatic carbocycles. The lowest BCUT2D eigenvalue weighted by Gasteiger charge is -2.09. The van der Waals surface area contributed by atoms with Crippen molar-refractivity contribution < 1.29 is 18.3 Å². The molecule has 0 aliphatic carbocycles. The van der Waals surface area contributed by atoms with Crippen molar-refractivity contribution in [2.45, 2.75) is 18.7 Å². The molecule has 0 aliphatic heterocycles. The Morgan fingerprint density at radius 1 is 1.12 bits per heavy atom. The molecule has 0 N–H and O–H groups in total. The Hall–Kier alpha value is -0.870. The minimum atomic E-state index is -0.715. The van der Waals surface area contributed by atoms with Crippen LogP contribution < -0.4 is 4.74 Å². The highest BCUT2D eigenvalue weighted by atomic mass is 35.5. The van der Waals surface area contributed by atoms with Gasteiger partial charge in [0.2, 0.25) is 0 Å². The first kappa shape index (κ1) is 14.2. The molecule has 96 valence electrons. The molecule has 0 bridgehead atoms. The van der Waals surface area contributed by atoms with Crippen LogP contribution in [0.25, 0.3) is 0 Å². The third kappa shape index (κ3) is 4.48. The Labute approximate surface area is 104 Å². The highest BCUT2D eigenvalue weighted by molar-refractivity contribution is 6.17. The van der Waals surface area contributed by atoms with Gasteiger partial charge in [-0.1, -0.05) is 0 Å². The van der Waals surface area contributed by atoms with E-state index in [1.165, 1.54) is 12.1 Å². The summed E-state index contributed by atoms with van der Waals surface area (Å²) in [5.74, 6) is -1.70. The summed E-state index contributed by atoms with van der Waals surface area (Å²) in [7, 11) is 1.60. The average Bonchev–Trinajstić information content (AvgIpc) is 2.31. The molecule has 0 fully saturated rings. The van der Waals surface area contributed by atoms with E-state index >= 15 is 0 Å². The van der Waals surface area contributed by atoms with Gasteiger partial charge in [-0.2, -0.15) is 0 Å². The molecule has 2 nitrogen and oxygen atoms in total. The lowest BCUT2D eigenvalue weighted by molar-refractivity contribution is 0.182. The standard InChI is InChI=1S/C12H15ClF2O2/c1-16-4-2-3-5-17-12-10(14)6-9(8-13)7-11(12)15/h6-7H,2-5,8H2,1H3. The van der Waals surface area contributed by atoms with Gasteiger partial charge in [-0.25, -0.2) is 8.78 Å². The Kier molecular flexibility index (Phi) is 6.22. The van der Waals surface area contributed by atoms with Crippen molar-refractivity contribution in [1.82, 2.24) is 0 Å². The largest absolute Gasteiger partial charge is 0.488 e. The Bertz CT molecular complexity index is 335. The smallest absolute Gasteiger partial charge is 0.190 e. The van der Waals surface area contributed by atoms with Gasteiger partial charge in [0.05, 0.1) is 6.61 Å². The molecule has 17 heavy (non-hydrogen) atoms. The first-order valence-electron chi connectivity index (χ1n) is 5.34. The molecular weight excluding hydrogens is 250 g/mol. The van der Waals surface area contributed by atoms with Gasteiger partial charge in [-0.15, -0.1) is 11.6 Å². The molecule has 0 unspecified atom stereocenters. The summed E-state index contributed by atoms with van der Waals surface area (Å²) in [4.78, 5) is 0. The number of ether oxygens (including phenoxy) is 2. The van der Waals surface area contributed by atoms with Crippen molar-refractivity contribution in [3.05, 3.63) is 29.3 Å². The van der Waals surface area contributed by atoms with Crippen LogP contribution in [0.2, 0.25) is 0 Å². The van der Waals surface area contributed by atoms with Crippen molar-refractivity contribution in [2.75, 3.05) is 20.3 Å². The van der Waals surface area contributed by atoms with Crippen molar-refractivity contribution in [3.8, 4) is 5.75 Å². The quantitative estimate of drug-likeness (QED) is 0.554. The van der Waals surface area contributed by atoms with E-state index in [1.807, 2.05) is 0 Å². The van der Waals surface area contributed by atoms with E-state index in [4.69, 9.17) is 21.1 Å². The minimum Gasteiger partial charge on any atom is -0.488 e. The van der Waals surface area contributed by atoms with Gasteiger partial charge < -0.3 is 9.47 Å². The zero-order chi connectivity index (χ0) is 12.7. The van der Waals surface area contributed by atoms with Crippen LogP contribution in [0.15, 0.2) is 12.1 Å². The van der Waals surface area contributed by atoms with Crippen LogP contribution in [0.5, 0.6) is 5.75 Å². The molecule has 1 rings (SSSR count). The molecule has 0 radical (unpaired) electrons. The molecule has 0 atom stereocenters. The Balaban J connectivity index is 2.53. The van der Waals surface area contributed by atoms with Gasteiger partial charge in [0.1, 0.15) is 0 Å². The second kappa shape index (κ2) is 7.45. The molecular formula is C12H15ClF2O2. The first-order valence-corrected chi connectivity index (χ1v) is 5.88. The molecule has 0 saturated heterocycles. The van der Waals surface area contributed by atoms with Gasteiger partial charge in [0, 0.05) is 19.6 Å². The van der Waals surface area contributed by atoms with Crippen LogP contribution in [0.1, 0.15) is 18.4 Å². The SMILES string of the molecule is COCCCCOc1c(F)cc(CCl)cc1F. The fraction of sp³-hybridized carbons (Fsp3) is 0.500. The van der Waals surface area contributed by atoms with E-state index in [1.54, 1.807) is 7.11 Å². The topological polar surface area (TPSA) is 18.5 Å². The predicted molar refractivity (Wildman–Crippen MR) is 62.5 cm³/mol. The molecule has 0 spiro atoms. The normalized spacial score (nSPS) is 10.6.